The van der Waals surface area contributed by atoms with Crippen LogP contribution in [0.5, 0.6) is 0 Å². The minimum Gasteiger partial charge on any atom is -0.338 e. The number of alkyl halides is 1. The Morgan fingerprint density at radius 1 is 1.64 bits per heavy atom. The van der Waals surface area contributed by atoms with Crippen molar-refractivity contribution in [3.63, 3.8) is 0 Å². The van der Waals surface area contributed by atoms with E-state index in [1.54, 1.807) is 0 Å². The lowest BCUT2D eigenvalue weighted by Crippen LogP contribution is -2.22. The lowest BCUT2D eigenvalue weighted by atomic mass is 10.2. The summed E-state index contributed by atoms with van der Waals surface area (Å²) in [6.07, 6.45) is 0.734. The standard InChI is InChI=1S/C9H13BrN2O2/c1-4-7(10)8(13)11-9-5(2)6(3)12-14-9/h7H,4H2,1-3H3,(H,11,13). The molecule has 0 radical (unpaired) electrons. The quantitative estimate of drug-likeness (QED) is 0.850. The second kappa shape index (κ2) is 4.59. The van der Waals surface area contributed by atoms with E-state index in [4.69, 9.17) is 4.52 Å². The number of nitrogens with one attached hydrogen (secondary N) is 1. The Morgan fingerprint density at radius 2 is 2.29 bits per heavy atom. The minimum absolute atomic E-state index is 0.105. The third-order valence-corrected chi connectivity index (χ3v) is 3.10. The van der Waals surface area contributed by atoms with Gasteiger partial charge in [0.25, 0.3) is 0 Å². The van der Waals surface area contributed by atoms with Crippen molar-refractivity contribution in [3.8, 4) is 0 Å². The lowest BCUT2D eigenvalue weighted by Gasteiger charge is -2.05. The molecule has 1 unspecified atom stereocenters. The van der Waals surface area contributed by atoms with E-state index in [2.05, 4.69) is 26.4 Å². The van der Waals surface area contributed by atoms with Crippen molar-refractivity contribution in [2.24, 2.45) is 0 Å². The zero-order valence-corrected chi connectivity index (χ0v) is 10.0. The topological polar surface area (TPSA) is 55.1 Å². The summed E-state index contributed by atoms with van der Waals surface area (Å²) in [5.74, 6) is 0.331. The second-order valence-corrected chi connectivity index (χ2v) is 4.19. The first-order chi connectivity index (χ1) is 6.56. The van der Waals surface area contributed by atoms with Crippen molar-refractivity contribution in [1.29, 1.82) is 0 Å². The number of nitrogens with zero attached hydrogens (tertiary/aromatic N) is 1. The smallest absolute Gasteiger partial charge is 0.240 e. The molecule has 0 bridgehead atoms. The van der Waals surface area contributed by atoms with E-state index in [0.29, 0.717) is 5.88 Å². The van der Waals surface area contributed by atoms with E-state index in [1.807, 2.05) is 20.8 Å². The minimum atomic E-state index is -0.188. The molecular weight excluding hydrogens is 248 g/mol. The molecule has 0 aromatic carbocycles. The molecular formula is C9H13BrN2O2. The summed E-state index contributed by atoms with van der Waals surface area (Å²) in [4.78, 5) is 11.3. The van der Waals surface area contributed by atoms with Gasteiger partial charge in [-0.25, -0.2) is 0 Å². The van der Waals surface area contributed by atoms with Gasteiger partial charge in [-0.3, -0.25) is 10.1 Å². The van der Waals surface area contributed by atoms with Gasteiger partial charge in [-0.15, -0.1) is 0 Å². The van der Waals surface area contributed by atoms with Gasteiger partial charge < -0.3 is 4.52 Å². The summed E-state index contributed by atoms with van der Waals surface area (Å²) in [6, 6.07) is 0. The summed E-state index contributed by atoms with van der Waals surface area (Å²) in [6.45, 7) is 5.62. The van der Waals surface area contributed by atoms with E-state index in [9.17, 15) is 4.79 Å². The third kappa shape index (κ3) is 2.35. The number of carbonyl (C=O) groups is 1. The molecule has 0 spiro atoms. The van der Waals surface area contributed by atoms with Gasteiger partial charge in [0.05, 0.1) is 10.5 Å². The number of hydrogen-bond acceptors (Lipinski definition) is 3. The van der Waals surface area contributed by atoms with Crippen LogP contribution in [0.4, 0.5) is 5.88 Å². The first-order valence-corrected chi connectivity index (χ1v) is 5.35. The van der Waals surface area contributed by atoms with Gasteiger partial charge in [0.15, 0.2) is 0 Å². The Labute approximate surface area is 91.2 Å². The van der Waals surface area contributed by atoms with E-state index < -0.39 is 0 Å². The molecule has 1 heterocycles. The fourth-order valence-electron chi connectivity index (χ4n) is 0.908. The monoisotopic (exact) mass is 260 g/mol. The van der Waals surface area contributed by atoms with Gasteiger partial charge in [-0.05, 0) is 20.3 Å². The van der Waals surface area contributed by atoms with E-state index in [1.165, 1.54) is 0 Å². The number of aryl methyl sites for hydroxylation is 1. The van der Waals surface area contributed by atoms with E-state index >= 15 is 0 Å². The largest absolute Gasteiger partial charge is 0.338 e. The number of aromatic nitrogens is 1. The van der Waals surface area contributed by atoms with Crippen LogP contribution < -0.4 is 5.32 Å². The van der Waals surface area contributed by atoms with Crippen LogP contribution in [0.15, 0.2) is 4.52 Å². The first-order valence-electron chi connectivity index (χ1n) is 4.44. The Balaban J connectivity index is 2.70. The van der Waals surface area contributed by atoms with Gasteiger partial charge in [-0.1, -0.05) is 28.0 Å². The van der Waals surface area contributed by atoms with E-state index in [-0.39, 0.29) is 10.7 Å². The van der Waals surface area contributed by atoms with Crippen molar-refractivity contribution in [3.05, 3.63) is 11.3 Å². The Hall–Kier alpha value is -0.840. The van der Waals surface area contributed by atoms with Crippen LogP contribution in [0.3, 0.4) is 0 Å². The maximum absolute atomic E-state index is 11.5. The van der Waals surface area contributed by atoms with Crippen LogP contribution in [-0.2, 0) is 4.79 Å². The van der Waals surface area contributed by atoms with Crippen molar-refractivity contribution in [1.82, 2.24) is 5.16 Å². The molecule has 5 heteroatoms. The second-order valence-electron chi connectivity index (χ2n) is 3.09. The highest BCUT2D eigenvalue weighted by atomic mass is 79.9. The molecule has 0 fully saturated rings. The zero-order chi connectivity index (χ0) is 10.7. The number of rotatable bonds is 3. The first kappa shape index (κ1) is 11.2. The fraction of sp³-hybridized carbons (Fsp3) is 0.556. The van der Waals surface area contributed by atoms with Crippen molar-refractivity contribution in [2.75, 3.05) is 5.32 Å². The predicted octanol–water partition coefficient (Wildman–Crippen LogP) is 2.40. The molecule has 0 saturated carbocycles. The highest BCUT2D eigenvalue weighted by Crippen LogP contribution is 2.18. The van der Waals surface area contributed by atoms with Crippen LogP contribution in [0.1, 0.15) is 24.6 Å². The normalized spacial score (nSPS) is 12.6. The van der Waals surface area contributed by atoms with Gasteiger partial charge in [0.2, 0.25) is 11.8 Å². The summed E-state index contributed by atoms with van der Waals surface area (Å²) < 4.78 is 4.96. The van der Waals surface area contributed by atoms with Crippen molar-refractivity contribution < 1.29 is 9.32 Å². The number of anilines is 1. The van der Waals surface area contributed by atoms with Crippen LogP contribution >= 0.6 is 15.9 Å². The fourth-order valence-corrected chi connectivity index (χ4v) is 1.02. The van der Waals surface area contributed by atoms with Crippen molar-refractivity contribution in [2.45, 2.75) is 32.0 Å². The molecule has 4 nitrogen and oxygen atoms in total. The molecule has 78 valence electrons. The van der Waals surface area contributed by atoms with Gasteiger partial charge in [-0.2, -0.15) is 0 Å². The zero-order valence-electron chi connectivity index (χ0n) is 8.43. The predicted molar refractivity (Wildman–Crippen MR) is 57.6 cm³/mol. The maximum Gasteiger partial charge on any atom is 0.240 e. The molecule has 0 aliphatic heterocycles. The number of carbonyl (C=O) groups excluding carboxylic acids is 1. The van der Waals surface area contributed by atoms with Crippen LogP contribution in [0, 0.1) is 13.8 Å². The molecule has 1 aromatic heterocycles. The molecule has 1 rings (SSSR count). The average molecular weight is 261 g/mol. The Morgan fingerprint density at radius 3 is 2.71 bits per heavy atom. The summed E-state index contributed by atoms with van der Waals surface area (Å²) in [7, 11) is 0. The highest BCUT2D eigenvalue weighted by Gasteiger charge is 2.16. The Bertz CT molecular complexity index is 336. The lowest BCUT2D eigenvalue weighted by molar-refractivity contribution is -0.115. The van der Waals surface area contributed by atoms with Gasteiger partial charge in [0, 0.05) is 5.56 Å². The summed E-state index contributed by atoms with van der Waals surface area (Å²) >= 11 is 3.26. The number of halogens is 1. The molecule has 0 aliphatic carbocycles. The maximum atomic E-state index is 11.5. The van der Waals surface area contributed by atoms with Crippen LogP contribution in [0.2, 0.25) is 0 Å². The molecule has 0 saturated heterocycles. The molecule has 1 atom stereocenters. The number of amides is 1. The Kier molecular flexibility index (Phi) is 3.69. The average Bonchev–Trinajstić information content (AvgIpc) is 2.48. The summed E-state index contributed by atoms with van der Waals surface area (Å²) in [5.41, 5.74) is 1.66. The van der Waals surface area contributed by atoms with Gasteiger partial charge >= 0.3 is 0 Å². The van der Waals surface area contributed by atoms with Crippen LogP contribution in [0.25, 0.3) is 0 Å². The molecule has 1 aromatic rings. The van der Waals surface area contributed by atoms with E-state index in [0.717, 1.165) is 17.7 Å². The van der Waals surface area contributed by atoms with Crippen molar-refractivity contribution >= 4 is 27.7 Å². The molecule has 1 N–H and O–H groups in total. The third-order valence-electron chi connectivity index (χ3n) is 2.04. The van der Waals surface area contributed by atoms with Gasteiger partial charge in [0.1, 0.15) is 0 Å². The molecule has 0 aliphatic rings. The molecule has 14 heavy (non-hydrogen) atoms. The molecule has 1 amide bonds. The number of hydrogen-bond donors (Lipinski definition) is 1. The summed E-state index contributed by atoms with van der Waals surface area (Å²) in [5, 5.41) is 6.42. The highest BCUT2D eigenvalue weighted by molar-refractivity contribution is 9.10. The SMILES string of the molecule is CCC(Br)C(=O)Nc1onc(C)c1C. The van der Waals surface area contributed by atoms with Crippen LogP contribution in [-0.4, -0.2) is 15.9 Å².